The molecule has 0 radical (unpaired) electrons. The van der Waals surface area contributed by atoms with Crippen molar-refractivity contribution in [1.82, 2.24) is 5.32 Å². The minimum Gasteiger partial charge on any atom is -0.480 e. The minimum absolute atomic E-state index is 0.0191. The Balaban J connectivity index is 3.55. The fourth-order valence-electron chi connectivity index (χ4n) is 1.11. The van der Waals surface area contributed by atoms with Gasteiger partial charge in [-0.25, -0.2) is 0 Å². The summed E-state index contributed by atoms with van der Waals surface area (Å²) in [4.78, 5) is 21.8. The molecule has 7 heteroatoms. The number of carbonyl (C=O) groups is 2. The monoisotopic (exact) mass is 264 g/mol. The van der Waals surface area contributed by atoms with Gasteiger partial charge in [0.05, 0.1) is 12.4 Å². The summed E-state index contributed by atoms with van der Waals surface area (Å²) in [6, 6.07) is -0.868. The summed E-state index contributed by atoms with van der Waals surface area (Å²) >= 11 is 1.37. The second kappa shape index (κ2) is 9.26. The van der Waals surface area contributed by atoms with Gasteiger partial charge >= 0.3 is 5.97 Å². The number of ether oxygens (including phenoxy) is 1. The van der Waals surface area contributed by atoms with Gasteiger partial charge < -0.3 is 20.9 Å². The lowest BCUT2D eigenvalue weighted by atomic mass is 10.2. The van der Waals surface area contributed by atoms with E-state index in [-0.39, 0.29) is 11.9 Å². The van der Waals surface area contributed by atoms with E-state index >= 15 is 0 Å². The Morgan fingerprint density at radius 1 is 1.53 bits per heavy atom. The molecular formula is C10H20N2O4S. The largest absolute Gasteiger partial charge is 0.480 e. The fraction of sp³-hybridized carbons (Fsp3) is 0.800. The SMILES string of the molecule is COCC(C)NC(=O)CSCCC(N)C(=O)O. The first-order valence-electron chi connectivity index (χ1n) is 5.31. The molecule has 0 bridgehead atoms. The molecule has 1 amide bonds. The molecule has 0 aliphatic rings. The Bertz CT molecular complexity index is 250. The van der Waals surface area contributed by atoms with Crippen molar-refractivity contribution in [1.29, 1.82) is 0 Å². The molecule has 0 fully saturated rings. The summed E-state index contributed by atoms with van der Waals surface area (Å²) in [6.07, 6.45) is 0.362. The normalized spacial score (nSPS) is 14.1. The molecule has 17 heavy (non-hydrogen) atoms. The van der Waals surface area contributed by atoms with Crippen LogP contribution in [0.2, 0.25) is 0 Å². The first-order chi connectivity index (χ1) is 7.97. The van der Waals surface area contributed by atoms with Gasteiger partial charge in [0.25, 0.3) is 0 Å². The molecule has 0 saturated carbocycles. The van der Waals surface area contributed by atoms with Crippen LogP contribution in [0.15, 0.2) is 0 Å². The number of carboxylic acid groups (broad SMARTS) is 1. The van der Waals surface area contributed by atoms with Crippen molar-refractivity contribution in [2.24, 2.45) is 5.73 Å². The zero-order valence-corrected chi connectivity index (χ0v) is 11.0. The molecule has 6 nitrogen and oxygen atoms in total. The van der Waals surface area contributed by atoms with Crippen LogP contribution in [0.25, 0.3) is 0 Å². The van der Waals surface area contributed by atoms with Crippen molar-refractivity contribution >= 4 is 23.6 Å². The van der Waals surface area contributed by atoms with Gasteiger partial charge in [0, 0.05) is 13.2 Å². The maximum atomic E-state index is 11.4. The molecule has 2 unspecified atom stereocenters. The summed E-state index contributed by atoms with van der Waals surface area (Å²) in [5.74, 6) is -0.229. The van der Waals surface area contributed by atoms with E-state index in [0.717, 1.165) is 0 Å². The number of methoxy groups -OCH3 is 1. The predicted molar refractivity (Wildman–Crippen MR) is 67.0 cm³/mol. The molecule has 0 aliphatic carbocycles. The average Bonchev–Trinajstić information content (AvgIpc) is 2.24. The molecule has 0 spiro atoms. The topological polar surface area (TPSA) is 102 Å². The highest BCUT2D eigenvalue weighted by Gasteiger charge is 2.11. The van der Waals surface area contributed by atoms with Crippen LogP contribution in [-0.4, -0.2) is 54.3 Å². The van der Waals surface area contributed by atoms with Crippen molar-refractivity contribution in [3.05, 3.63) is 0 Å². The van der Waals surface area contributed by atoms with Gasteiger partial charge in [0.1, 0.15) is 6.04 Å². The first-order valence-corrected chi connectivity index (χ1v) is 6.47. The van der Waals surface area contributed by atoms with Gasteiger partial charge in [0.2, 0.25) is 5.91 Å². The summed E-state index contributed by atoms with van der Waals surface area (Å²) in [6.45, 7) is 2.33. The number of nitrogens with two attached hydrogens (primary N) is 1. The molecule has 0 saturated heterocycles. The van der Waals surface area contributed by atoms with Crippen molar-refractivity contribution in [2.45, 2.75) is 25.4 Å². The zero-order valence-electron chi connectivity index (χ0n) is 10.1. The van der Waals surface area contributed by atoms with E-state index in [1.165, 1.54) is 11.8 Å². The molecule has 2 atom stereocenters. The van der Waals surface area contributed by atoms with Gasteiger partial charge in [0.15, 0.2) is 0 Å². The van der Waals surface area contributed by atoms with Crippen LogP contribution in [0, 0.1) is 0 Å². The van der Waals surface area contributed by atoms with E-state index in [1.807, 2.05) is 6.92 Å². The quantitative estimate of drug-likeness (QED) is 0.493. The van der Waals surface area contributed by atoms with E-state index in [1.54, 1.807) is 7.11 Å². The van der Waals surface area contributed by atoms with E-state index in [9.17, 15) is 9.59 Å². The Kier molecular flexibility index (Phi) is 8.83. The number of amides is 1. The number of carbonyl (C=O) groups excluding carboxylic acids is 1. The highest BCUT2D eigenvalue weighted by atomic mass is 32.2. The maximum absolute atomic E-state index is 11.4. The Hall–Kier alpha value is -0.790. The highest BCUT2D eigenvalue weighted by Crippen LogP contribution is 2.04. The second-order valence-corrected chi connectivity index (χ2v) is 4.82. The molecule has 0 aromatic carbocycles. The molecular weight excluding hydrogens is 244 g/mol. The van der Waals surface area contributed by atoms with Crippen LogP contribution < -0.4 is 11.1 Å². The summed E-state index contributed by atoms with van der Waals surface area (Å²) < 4.78 is 4.88. The molecule has 0 aromatic rings. The van der Waals surface area contributed by atoms with Crippen LogP contribution in [-0.2, 0) is 14.3 Å². The highest BCUT2D eigenvalue weighted by molar-refractivity contribution is 7.99. The van der Waals surface area contributed by atoms with Crippen molar-refractivity contribution in [3.63, 3.8) is 0 Å². The minimum atomic E-state index is -1.01. The standard InChI is InChI=1S/C10H20N2O4S/c1-7(5-16-2)12-9(13)6-17-4-3-8(11)10(14)15/h7-8H,3-6,11H2,1-2H3,(H,12,13)(H,14,15). The van der Waals surface area contributed by atoms with Crippen LogP contribution in [0.3, 0.4) is 0 Å². The number of nitrogens with one attached hydrogen (secondary N) is 1. The number of rotatable bonds is 9. The molecule has 0 aromatic heterocycles. The number of aliphatic carboxylic acids is 1. The van der Waals surface area contributed by atoms with Gasteiger partial charge in [-0.1, -0.05) is 0 Å². The summed E-state index contributed by atoms with van der Waals surface area (Å²) in [5, 5.41) is 11.3. The van der Waals surface area contributed by atoms with Crippen LogP contribution >= 0.6 is 11.8 Å². The molecule has 100 valence electrons. The van der Waals surface area contributed by atoms with Gasteiger partial charge in [-0.05, 0) is 19.1 Å². The second-order valence-electron chi connectivity index (χ2n) is 3.71. The Morgan fingerprint density at radius 3 is 2.71 bits per heavy atom. The third kappa shape index (κ3) is 8.96. The molecule has 0 rings (SSSR count). The van der Waals surface area contributed by atoms with Gasteiger partial charge in [-0.15, -0.1) is 0 Å². The molecule has 4 N–H and O–H groups in total. The van der Waals surface area contributed by atoms with Crippen molar-refractivity contribution in [3.8, 4) is 0 Å². The predicted octanol–water partition coefficient (Wildman–Crippen LogP) is -0.327. The third-order valence-electron chi connectivity index (χ3n) is 1.95. The number of hydrogen-bond donors (Lipinski definition) is 3. The molecule has 0 heterocycles. The number of carboxylic acids is 1. The summed E-state index contributed by atoms with van der Waals surface area (Å²) in [5.41, 5.74) is 5.32. The number of hydrogen-bond acceptors (Lipinski definition) is 5. The zero-order chi connectivity index (χ0) is 13.3. The van der Waals surface area contributed by atoms with Crippen molar-refractivity contribution in [2.75, 3.05) is 25.2 Å². The Morgan fingerprint density at radius 2 is 2.18 bits per heavy atom. The van der Waals surface area contributed by atoms with Crippen molar-refractivity contribution < 1.29 is 19.4 Å². The third-order valence-corrected chi connectivity index (χ3v) is 2.94. The summed E-state index contributed by atoms with van der Waals surface area (Å²) in [7, 11) is 1.57. The van der Waals surface area contributed by atoms with Crippen LogP contribution in [0.1, 0.15) is 13.3 Å². The lowest BCUT2D eigenvalue weighted by Crippen LogP contribution is -2.37. The van der Waals surface area contributed by atoms with E-state index in [0.29, 0.717) is 24.5 Å². The smallest absolute Gasteiger partial charge is 0.320 e. The van der Waals surface area contributed by atoms with E-state index in [4.69, 9.17) is 15.6 Å². The van der Waals surface area contributed by atoms with Gasteiger partial charge in [-0.2, -0.15) is 11.8 Å². The van der Waals surface area contributed by atoms with Crippen LogP contribution in [0.4, 0.5) is 0 Å². The lowest BCUT2D eigenvalue weighted by Gasteiger charge is -2.12. The fourth-order valence-corrected chi connectivity index (χ4v) is 1.94. The van der Waals surface area contributed by atoms with Gasteiger partial charge in [-0.3, -0.25) is 9.59 Å². The van der Waals surface area contributed by atoms with E-state index in [2.05, 4.69) is 5.32 Å². The lowest BCUT2D eigenvalue weighted by molar-refractivity contribution is -0.138. The average molecular weight is 264 g/mol. The molecule has 0 aliphatic heterocycles. The first kappa shape index (κ1) is 16.2. The van der Waals surface area contributed by atoms with E-state index < -0.39 is 12.0 Å². The number of thioether (sulfide) groups is 1. The van der Waals surface area contributed by atoms with Crippen LogP contribution in [0.5, 0.6) is 0 Å². The maximum Gasteiger partial charge on any atom is 0.320 e. The Labute approximate surface area is 105 Å².